The lowest BCUT2D eigenvalue weighted by Crippen LogP contribution is -2.22. The highest BCUT2D eigenvalue weighted by Crippen LogP contribution is 1.92. The van der Waals surface area contributed by atoms with Crippen molar-refractivity contribution in [3.8, 4) is 12.3 Å². The van der Waals surface area contributed by atoms with E-state index in [2.05, 4.69) is 5.32 Å². The number of nitrogens with one attached hydrogen (secondary N) is 1. The highest BCUT2D eigenvalue weighted by molar-refractivity contribution is 5.92. The molecule has 0 heterocycles. The van der Waals surface area contributed by atoms with Crippen LogP contribution in [0.5, 0.6) is 0 Å². The average molecular weight is 169 g/mol. The van der Waals surface area contributed by atoms with Crippen LogP contribution in [-0.4, -0.2) is 23.5 Å². The Morgan fingerprint density at radius 3 is 2.58 bits per heavy atom. The third-order valence-corrected chi connectivity index (χ3v) is 1.23. The molecule has 0 atom stereocenters. The molecular formula is C8H11NO3. The molecule has 0 bridgehead atoms. The zero-order valence-electron chi connectivity index (χ0n) is 6.67. The van der Waals surface area contributed by atoms with Gasteiger partial charge in [-0.25, -0.2) is 0 Å². The zero-order chi connectivity index (χ0) is 9.40. The topological polar surface area (TPSA) is 66.4 Å². The second kappa shape index (κ2) is 6.23. The van der Waals surface area contributed by atoms with Gasteiger partial charge in [-0.15, -0.1) is 6.42 Å². The van der Waals surface area contributed by atoms with Gasteiger partial charge in [-0.3, -0.25) is 9.59 Å². The van der Waals surface area contributed by atoms with E-state index in [4.69, 9.17) is 11.5 Å². The number of hydrogen-bond acceptors (Lipinski definition) is 2. The van der Waals surface area contributed by atoms with Crippen molar-refractivity contribution >= 4 is 11.9 Å². The van der Waals surface area contributed by atoms with Gasteiger partial charge in [0.1, 0.15) is 0 Å². The summed E-state index contributed by atoms with van der Waals surface area (Å²) in [7, 11) is 0. The standard InChI is InChI=1S/C8H11NO3/c1-2-7(10)9-6-4-3-5-8(11)12/h1H,3-6H2,(H,9,10)(H,11,12). The van der Waals surface area contributed by atoms with E-state index in [1.54, 1.807) is 0 Å². The number of hydrogen-bond donors (Lipinski definition) is 2. The Bertz CT molecular complexity index is 205. The fraction of sp³-hybridized carbons (Fsp3) is 0.500. The van der Waals surface area contributed by atoms with Crippen molar-refractivity contribution in [1.29, 1.82) is 0 Å². The fourth-order valence-corrected chi connectivity index (χ4v) is 0.654. The first-order valence-corrected chi connectivity index (χ1v) is 3.63. The molecule has 0 spiro atoms. The summed E-state index contributed by atoms with van der Waals surface area (Å²) >= 11 is 0. The van der Waals surface area contributed by atoms with Crippen molar-refractivity contribution < 1.29 is 14.7 Å². The molecule has 0 saturated heterocycles. The van der Waals surface area contributed by atoms with Crippen molar-refractivity contribution in [2.24, 2.45) is 0 Å². The number of carbonyl (C=O) groups excluding carboxylic acids is 1. The van der Waals surface area contributed by atoms with Crippen LogP contribution in [0.1, 0.15) is 19.3 Å². The number of carbonyl (C=O) groups is 2. The molecule has 0 unspecified atom stereocenters. The first kappa shape index (κ1) is 10.5. The number of aliphatic carboxylic acids is 1. The van der Waals surface area contributed by atoms with Crippen LogP contribution in [0.25, 0.3) is 0 Å². The SMILES string of the molecule is C#CC(=O)NCCCCC(=O)O. The normalized spacial score (nSPS) is 8.58. The van der Waals surface area contributed by atoms with Gasteiger partial charge in [0, 0.05) is 13.0 Å². The van der Waals surface area contributed by atoms with E-state index in [1.807, 2.05) is 5.92 Å². The first-order chi connectivity index (χ1) is 5.66. The minimum atomic E-state index is -0.821. The van der Waals surface area contributed by atoms with Crippen LogP contribution in [0.4, 0.5) is 0 Å². The molecule has 66 valence electrons. The predicted molar refractivity (Wildman–Crippen MR) is 43.3 cm³/mol. The Morgan fingerprint density at radius 1 is 1.42 bits per heavy atom. The molecule has 0 rings (SSSR count). The number of unbranched alkanes of at least 4 members (excludes halogenated alkanes) is 1. The molecule has 0 fully saturated rings. The summed E-state index contributed by atoms with van der Waals surface area (Å²) in [6, 6.07) is 0. The van der Waals surface area contributed by atoms with E-state index in [9.17, 15) is 9.59 Å². The van der Waals surface area contributed by atoms with Gasteiger partial charge in [-0.2, -0.15) is 0 Å². The molecular weight excluding hydrogens is 158 g/mol. The van der Waals surface area contributed by atoms with Gasteiger partial charge in [-0.1, -0.05) is 0 Å². The second-order valence-electron chi connectivity index (χ2n) is 2.25. The lowest BCUT2D eigenvalue weighted by Gasteiger charge is -1.98. The van der Waals surface area contributed by atoms with Crippen LogP contribution < -0.4 is 5.32 Å². The Hall–Kier alpha value is -1.50. The third-order valence-electron chi connectivity index (χ3n) is 1.23. The molecule has 4 nitrogen and oxygen atoms in total. The van der Waals surface area contributed by atoms with Gasteiger partial charge in [-0.05, 0) is 18.8 Å². The number of terminal acetylenes is 1. The first-order valence-electron chi connectivity index (χ1n) is 3.63. The largest absolute Gasteiger partial charge is 0.481 e. The molecule has 0 aromatic heterocycles. The van der Waals surface area contributed by atoms with E-state index in [0.717, 1.165) is 0 Å². The molecule has 1 amide bonds. The van der Waals surface area contributed by atoms with Gasteiger partial charge >= 0.3 is 5.97 Å². The van der Waals surface area contributed by atoms with Crippen LogP contribution in [0.15, 0.2) is 0 Å². The van der Waals surface area contributed by atoms with E-state index in [-0.39, 0.29) is 6.42 Å². The van der Waals surface area contributed by atoms with E-state index >= 15 is 0 Å². The monoisotopic (exact) mass is 169 g/mol. The number of rotatable bonds is 5. The number of carboxylic acids is 1. The van der Waals surface area contributed by atoms with E-state index < -0.39 is 11.9 Å². The molecule has 0 aliphatic carbocycles. The van der Waals surface area contributed by atoms with Crippen LogP contribution in [-0.2, 0) is 9.59 Å². The Morgan fingerprint density at radius 2 is 2.08 bits per heavy atom. The maximum atomic E-state index is 10.4. The van der Waals surface area contributed by atoms with Crippen molar-refractivity contribution in [1.82, 2.24) is 5.32 Å². The second-order valence-corrected chi connectivity index (χ2v) is 2.25. The molecule has 0 aromatic rings. The highest BCUT2D eigenvalue weighted by Gasteiger charge is 1.97. The molecule has 0 aliphatic rings. The maximum Gasteiger partial charge on any atom is 0.303 e. The van der Waals surface area contributed by atoms with Crippen LogP contribution in [0.3, 0.4) is 0 Å². The molecule has 0 saturated carbocycles. The van der Waals surface area contributed by atoms with Crippen molar-refractivity contribution in [3.05, 3.63) is 0 Å². The lowest BCUT2D eigenvalue weighted by atomic mass is 10.2. The van der Waals surface area contributed by atoms with Gasteiger partial charge in [0.25, 0.3) is 5.91 Å². The van der Waals surface area contributed by atoms with Crippen molar-refractivity contribution in [3.63, 3.8) is 0 Å². The summed E-state index contributed by atoms with van der Waals surface area (Å²) in [4.78, 5) is 20.5. The van der Waals surface area contributed by atoms with Crippen molar-refractivity contribution in [2.45, 2.75) is 19.3 Å². The third kappa shape index (κ3) is 6.62. The molecule has 12 heavy (non-hydrogen) atoms. The minimum absolute atomic E-state index is 0.131. The molecule has 2 N–H and O–H groups in total. The Kier molecular flexibility index (Phi) is 5.45. The fourth-order valence-electron chi connectivity index (χ4n) is 0.654. The summed E-state index contributed by atoms with van der Waals surface area (Å²) in [5, 5.41) is 10.7. The summed E-state index contributed by atoms with van der Waals surface area (Å²) in [6.45, 7) is 0.441. The van der Waals surface area contributed by atoms with E-state index in [0.29, 0.717) is 19.4 Å². The maximum absolute atomic E-state index is 10.4. The average Bonchev–Trinajstić information content (AvgIpc) is 2.03. The summed E-state index contributed by atoms with van der Waals surface area (Å²) in [5.41, 5.74) is 0. The summed E-state index contributed by atoms with van der Waals surface area (Å²) < 4.78 is 0. The van der Waals surface area contributed by atoms with E-state index in [1.165, 1.54) is 0 Å². The smallest absolute Gasteiger partial charge is 0.303 e. The molecule has 0 radical (unpaired) electrons. The van der Waals surface area contributed by atoms with Gasteiger partial charge in [0.15, 0.2) is 0 Å². The molecule has 0 aliphatic heterocycles. The van der Waals surface area contributed by atoms with Gasteiger partial charge in [0.05, 0.1) is 0 Å². The molecule has 0 aromatic carbocycles. The summed E-state index contributed by atoms with van der Waals surface area (Å²) in [6.07, 6.45) is 6.10. The lowest BCUT2D eigenvalue weighted by molar-refractivity contribution is -0.137. The summed E-state index contributed by atoms with van der Waals surface area (Å²) in [5.74, 6) is 0.624. The minimum Gasteiger partial charge on any atom is -0.481 e. The Labute approximate surface area is 71.0 Å². The predicted octanol–water partition coefficient (Wildman–Crippen LogP) is -0.00930. The Balaban J connectivity index is 3.18. The van der Waals surface area contributed by atoms with Crippen LogP contribution in [0, 0.1) is 12.3 Å². The molecule has 4 heteroatoms. The van der Waals surface area contributed by atoms with Gasteiger partial charge < -0.3 is 10.4 Å². The quantitative estimate of drug-likeness (QED) is 0.449. The van der Waals surface area contributed by atoms with Crippen LogP contribution in [0.2, 0.25) is 0 Å². The zero-order valence-corrected chi connectivity index (χ0v) is 6.67. The van der Waals surface area contributed by atoms with Gasteiger partial charge in [0.2, 0.25) is 0 Å². The highest BCUT2D eigenvalue weighted by atomic mass is 16.4. The van der Waals surface area contributed by atoms with Crippen molar-refractivity contribution in [2.75, 3.05) is 6.54 Å². The van der Waals surface area contributed by atoms with Crippen LogP contribution >= 0.6 is 0 Å². The number of amides is 1. The number of carboxylic acid groups (broad SMARTS) is 1.